The SMILES string of the molecule is CC(C)=CCNCC(=O)OC(C)(C)C. The Morgan fingerprint density at radius 1 is 1.36 bits per heavy atom. The molecule has 0 saturated carbocycles. The van der Waals surface area contributed by atoms with Gasteiger partial charge in [-0.15, -0.1) is 0 Å². The van der Waals surface area contributed by atoms with Crippen molar-refractivity contribution in [3.8, 4) is 0 Å². The van der Waals surface area contributed by atoms with Gasteiger partial charge in [0.2, 0.25) is 0 Å². The predicted molar refractivity (Wildman–Crippen MR) is 58.1 cm³/mol. The van der Waals surface area contributed by atoms with Crippen molar-refractivity contribution in [2.24, 2.45) is 0 Å². The Morgan fingerprint density at radius 3 is 2.36 bits per heavy atom. The van der Waals surface area contributed by atoms with E-state index in [-0.39, 0.29) is 12.5 Å². The third kappa shape index (κ3) is 9.26. The first-order chi connectivity index (χ1) is 6.31. The van der Waals surface area contributed by atoms with E-state index in [1.54, 1.807) is 0 Å². The zero-order valence-corrected chi connectivity index (χ0v) is 9.81. The van der Waals surface area contributed by atoms with Crippen molar-refractivity contribution < 1.29 is 9.53 Å². The summed E-state index contributed by atoms with van der Waals surface area (Å²) < 4.78 is 5.12. The normalized spacial score (nSPS) is 10.9. The first-order valence-corrected chi connectivity index (χ1v) is 4.87. The standard InChI is InChI=1S/C11H21NO2/c1-9(2)6-7-12-8-10(13)14-11(3,4)5/h6,12H,7-8H2,1-5H3. The maximum Gasteiger partial charge on any atom is 0.320 e. The molecule has 0 heterocycles. The van der Waals surface area contributed by atoms with Gasteiger partial charge in [-0.05, 0) is 34.6 Å². The Hall–Kier alpha value is -0.830. The molecular formula is C11H21NO2. The van der Waals surface area contributed by atoms with Gasteiger partial charge >= 0.3 is 5.97 Å². The third-order valence-corrected chi connectivity index (χ3v) is 1.34. The van der Waals surface area contributed by atoms with Crippen LogP contribution in [0.1, 0.15) is 34.6 Å². The summed E-state index contributed by atoms with van der Waals surface area (Å²) in [5.74, 6) is -0.209. The molecule has 0 aliphatic rings. The average molecular weight is 199 g/mol. The number of hydrogen-bond acceptors (Lipinski definition) is 3. The van der Waals surface area contributed by atoms with Crippen LogP contribution in [0.4, 0.5) is 0 Å². The number of carbonyl (C=O) groups is 1. The fraction of sp³-hybridized carbons (Fsp3) is 0.727. The summed E-state index contributed by atoms with van der Waals surface area (Å²) in [7, 11) is 0. The maximum absolute atomic E-state index is 11.2. The average Bonchev–Trinajstić information content (AvgIpc) is 1.94. The summed E-state index contributed by atoms with van der Waals surface area (Å²) in [5, 5.41) is 2.99. The number of ether oxygens (including phenoxy) is 1. The first kappa shape index (κ1) is 13.2. The minimum Gasteiger partial charge on any atom is -0.459 e. The van der Waals surface area contributed by atoms with E-state index in [4.69, 9.17) is 4.74 Å². The van der Waals surface area contributed by atoms with Gasteiger partial charge in [0.25, 0.3) is 0 Å². The smallest absolute Gasteiger partial charge is 0.320 e. The van der Waals surface area contributed by atoms with E-state index < -0.39 is 5.60 Å². The van der Waals surface area contributed by atoms with Crippen LogP contribution in [-0.2, 0) is 9.53 Å². The largest absolute Gasteiger partial charge is 0.459 e. The number of carbonyl (C=O) groups excluding carboxylic acids is 1. The van der Waals surface area contributed by atoms with Crippen LogP contribution in [0, 0.1) is 0 Å². The maximum atomic E-state index is 11.2. The molecule has 0 spiro atoms. The van der Waals surface area contributed by atoms with Gasteiger partial charge < -0.3 is 10.1 Å². The van der Waals surface area contributed by atoms with E-state index in [2.05, 4.69) is 5.32 Å². The van der Waals surface area contributed by atoms with E-state index in [9.17, 15) is 4.79 Å². The molecule has 0 rings (SSSR count). The molecule has 0 aliphatic carbocycles. The minimum atomic E-state index is -0.394. The molecular weight excluding hydrogens is 178 g/mol. The Labute approximate surface area is 86.5 Å². The zero-order chi connectivity index (χ0) is 11.2. The molecule has 0 aliphatic heterocycles. The highest BCUT2D eigenvalue weighted by Crippen LogP contribution is 2.05. The molecule has 0 aromatic rings. The summed E-state index contributed by atoms with van der Waals surface area (Å²) in [5.41, 5.74) is 0.844. The summed E-state index contributed by atoms with van der Waals surface area (Å²) in [4.78, 5) is 11.2. The summed E-state index contributed by atoms with van der Waals surface area (Å²) in [6.45, 7) is 10.6. The van der Waals surface area contributed by atoms with Gasteiger partial charge in [0.1, 0.15) is 5.60 Å². The molecule has 0 atom stereocenters. The Balaban J connectivity index is 3.61. The van der Waals surface area contributed by atoms with Crippen molar-refractivity contribution in [2.75, 3.05) is 13.1 Å². The lowest BCUT2D eigenvalue weighted by atomic mass is 10.2. The van der Waals surface area contributed by atoms with Crippen LogP contribution in [0.25, 0.3) is 0 Å². The van der Waals surface area contributed by atoms with E-state index >= 15 is 0 Å². The number of nitrogens with one attached hydrogen (secondary N) is 1. The number of esters is 1. The minimum absolute atomic E-state index is 0.209. The van der Waals surface area contributed by atoms with Crippen LogP contribution in [0.2, 0.25) is 0 Å². The highest BCUT2D eigenvalue weighted by Gasteiger charge is 2.15. The lowest BCUT2D eigenvalue weighted by Gasteiger charge is -2.19. The Morgan fingerprint density at radius 2 is 1.93 bits per heavy atom. The van der Waals surface area contributed by atoms with Gasteiger partial charge in [-0.1, -0.05) is 11.6 Å². The molecule has 0 aromatic heterocycles. The van der Waals surface area contributed by atoms with Gasteiger partial charge in [-0.2, -0.15) is 0 Å². The van der Waals surface area contributed by atoms with Gasteiger partial charge in [0, 0.05) is 6.54 Å². The Bertz CT molecular complexity index is 210. The monoisotopic (exact) mass is 199 g/mol. The predicted octanol–water partition coefficient (Wildman–Crippen LogP) is 1.88. The second-order valence-corrected chi connectivity index (χ2v) is 4.50. The highest BCUT2D eigenvalue weighted by atomic mass is 16.6. The third-order valence-electron chi connectivity index (χ3n) is 1.34. The highest BCUT2D eigenvalue weighted by molar-refractivity contribution is 5.72. The van der Waals surface area contributed by atoms with Gasteiger partial charge in [-0.25, -0.2) is 0 Å². The van der Waals surface area contributed by atoms with E-state index in [1.165, 1.54) is 5.57 Å². The molecule has 1 N–H and O–H groups in total. The molecule has 14 heavy (non-hydrogen) atoms. The Kier molecular flexibility index (Phi) is 5.46. The first-order valence-electron chi connectivity index (χ1n) is 4.87. The van der Waals surface area contributed by atoms with E-state index in [1.807, 2.05) is 40.7 Å². The van der Waals surface area contributed by atoms with Crippen molar-refractivity contribution in [3.05, 3.63) is 11.6 Å². The molecule has 0 fully saturated rings. The summed E-state index contributed by atoms with van der Waals surface area (Å²) >= 11 is 0. The molecule has 0 radical (unpaired) electrons. The van der Waals surface area contributed by atoms with Crippen LogP contribution < -0.4 is 5.32 Å². The topological polar surface area (TPSA) is 38.3 Å². The zero-order valence-electron chi connectivity index (χ0n) is 9.81. The van der Waals surface area contributed by atoms with E-state index in [0.717, 1.165) is 0 Å². The quantitative estimate of drug-likeness (QED) is 0.427. The van der Waals surface area contributed by atoms with Crippen LogP contribution in [0.15, 0.2) is 11.6 Å². The van der Waals surface area contributed by atoms with E-state index in [0.29, 0.717) is 6.54 Å². The fourth-order valence-electron chi connectivity index (χ4n) is 0.828. The summed E-state index contributed by atoms with van der Waals surface area (Å²) in [6.07, 6.45) is 2.03. The van der Waals surface area contributed by atoms with Crippen LogP contribution >= 0.6 is 0 Å². The van der Waals surface area contributed by atoms with Gasteiger partial charge in [0.05, 0.1) is 6.54 Å². The molecule has 0 amide bonds. The molecule has 0 bridgehead atoms. The van der Waals surface area contributed by atoms with Crippen LogP contribution in [0.5, 0.6) is 0 Å². The molecule has 0 aromatic carbocycles. The second kappa shape index (κ2) is 5.81. The molecule has 3 nitrogen and oxygen atoms in total. The second-order valence-electron chi connectivity index (χ2n) is 4.50. The van der Waals surface area contributed by atoms with Gasteiger partial charge in [-0.3, -0.25) is 4.79 Å². The molecule has 82 valence electrons. The van der Waals surface area contributed by atoms with Crippen molar-refractivity contribution in [1.82, 2.24) is 5.32 Å². The van der Waals surface area contributed by atoms with Crippen LogP contribution in [0.3, 0.4) is 0 Å². The number of hydrogen-bond donors (Lipinski definition) is 1. The van der Waals surface area contributed by atoms with Crippen LogP contribution in [-0.4, -0.2) is 24.7 Å². The lowest BCUT2D eigenvalue weighted by Crippen LogP contribution is -2.31. The molecule has 0 saturated heterocycles. The molecule has 3 heteroatoms. The number of allylic oxidation sites excluding steroid dienone is 1. The van der Waals surface area contributed by atoms with Gasteiger partial charge in [0.15, 0.2) is 0 Å². The van der Waals surface area contributed by atoms with Crippen molar-refractivity contribution in [3.63, 3.8) is 0 Å². The number of rotatable bonds is 4. The summed E-state index contributed by atoms with van der Waals surface area (Å²) in [6, 6.07) is 0. The lowest BCUT2D eigenvalue weighted by molar-refractivity contribution is -0.153. The fourth-order valence-corrected chi connectivity index (χ4v) is 0.828. The van der Waals surface area contributed by atoms with Crippen molar-refractivity contribution in [2.45, 2.75) is 40.2 Å². The molecule has 0 unspecified atom stereocenters. The van der Waals surface area contributed by atoms with Crippen molar-refractivity contribution >= 4 is 5.97 Å². The van der Waals surface area contributed by atoms with Crippen molar-refractivity contribution in [1.29, 1.82) is 0 Å².